The van der Waals surface area contributed by atoms with E-state index in [9.17, 15) is 8.42 Å². The zero-order valence-electron chi connectivity index (χ0n) is 8.76. The lowest BCUT2D eigenvalue weighted by Crippen LogP contribution is -2.06. The van der Waals surface area contributed by atoms with Crippen LogP contribution in [0, 0.1) is 0 Å². The molecule has 1 aromatic carbocycles. The quantitative estimate of drug-likeness (QED) is 0.879. The first-order chi connectivity index (χ1) is 8.00. The van der Waals surface area contributed by atoms with Crippen LogP contribution in [0.2, 0.25) is 0 Å². The Labute approximate surface area is 112 Å². The summed E-state index contributed by atoms with van der Waals surface area (Å²) in [6.07, 6.45) is 0. The Morgan fingerprint density at radius 2 is 2.00 bits per heavy atom. The van der Waals surface area contributed by atoms with Crippen molar-refractivity contribution in [1.82, 2.24) is 0 Å². The van der Waals surface area contributed by atoms with Crippen LogP contribution in [0.3, 0.4) is 0 Å². The molecule has 0 saturated heterocycles. The third-order valence-electron chi connectivity index (χ3n) is 2.29. The average Bonchev–Trinajstić information content (AvgIpc) is 2.77. The van der Waals surface area contributed by atoms with Crippen molar-refractivity contribution in [2.24, 2.45) is 0 Å². The molecular formula is C11H10BrNO2S2. The number of hydrogen-bond acceptors (Lipinski definition) is 4. The lowest BCUT2D eigenvalue weighted by Gasteiger charge is -2.07. The predicted molar refractivity (Wildman–Crippen MR) is 73.8 cm³/mol. The number of nitrogen functional groups attached to an aromatic ring is 1. The minimum atomic E-state index is -3.31. The van der Waals surface area contributed by atoms with Crippen LogP contribution < -0.4 is 5.73 Å². The van der Waals surface area contributed by atoms with Crippen molar-refractivity contribution in [1.29, 1.82) is 0 Å². The lowest BCUT2D eigenvalue weighted by molar-refractivity contribution is 0.597. The fraction of sp³-hybridized carbons (Fsp3) is 0.0909. The van der Waals surface area contributed by atoms with Gasteiger partial charge in [-0.2, -0.15) is 0 Å². The highest BCUT2D eigenvalue weighted by molar-refractivity contribution is 9.10. The zero-order chi connectivity index (χ0) is 12.5. The van der Waals surface area contributed by atoms with E-state index in [-0.39, 0.29) is 5.75 Å². The molecule has 0 aliphatic carbocycles. The van der Waals surface area contributed by atoms with Crippen molar-refractivity contribution >= 4 is 42.8 Å². The summed E-state index contributed by atoms with van der Waals surface area (Å²) >= 11 is 4.54. The third kappa shape index (κ3) is 2.70. The smallest absolute Gasteiger partial charge is 0.191 e. The maximum atomic E-state index is 12.1. The molecule has 6 heteroatoms. The Balaban J connectivity index is 2.40. The average molecular weight is 332 g/mol. The number of anilines is 1. The highest BCUT2D eigenvalue weighted by Crippen LogP contribution is 2.28. The Hall–Kier alpha value is -0.850. The molecule has 0 spiro atoms. The minimum Gasteiger partial charge on any atom is -0.398 e. The number of benzene rings is 1. The van der Waals surface area contributed by atoms with Gasteiger partial charge in [0.25, 0.3) is 0 Å². The molecule has 0 bridgehead atoms. The largest absolute Gasteiger partial charge is 0.398 e. The van der Waals surface area contributed by atoms with E-state index in [0.29, 0.717) is 15.5 Å². The fourth-order valence-corrected chi connectivity index (χ4v) is 4.65. The number of rotatable bonds is 3. The normalized spacial score (nSPS) is 11.6. The topological polar surface area (TPSA) is 60.2 Å². The van der Waals surface area contributed by atoms with Crippen molar-refractivity contribution in [2.45, 2.75) is 9.96 Å². The maximum Gasteiger partial charge on any atom is 0.191 e. The summed E-state index contributed by atoms with van der Waals surface area (Å²) in [5.74, 6) is -0.0826. The molecule has 0 atom stereocenters. The molecule has 1 heterocycles. The number of thiophene rings is 1. The molecule has 0 radical (unpaired) electrons. The summed E-state index contributed by atoms with van der Waals surface area (Å²) in [6.45, 7) is 0. The van der Waals surface area contributed by atoms with Crippen LogP contribution in [0.15, 0.2) is 44.4 Å². The number of halogens is 1. The van der Waals surface area contributed by atoms with Gasteiger partial charge in [0.1, 0.15) is 4.21 Å². The van der Waals surface area contributed by atoms with Crippen molar-refractivity contribution in [3.8, 4) is 0 Å². The molecule has 2 N–H and O–H groups in total. The molecule has 0 aliphatic rings. The van der Waals surface area contributed by atoms with Crippen LogP contribution >= 0.6 is 27.3 Å². The molecule has 1 aromatic heterocycles. The number of sulfone groups is 1. The molecule has 0 saturated carbocycles. The second-order valence-corrected chi connectivity index (χ2v) is 7.52. The van der Waals surface area contributed by atoms with Gasteiger partial charge in [-0.05, 0) is 23.6 Å². The Bertz CT molecular complexity index is 601. The first-order valence-corrected chi connectivity index (χ1v) is 8.12. The van der Waals surface area contributed by atoms with E-state index in [1.54, 1.807) is 35.7 Å². The van der Waals surface area contributed by atoms with Gasteiger partial charge in [0, 0.05) is 15.7 Å². The van der Waals surface area contributed by atoms with Gasteiger partial charge in [0.2, 0.25) is 0 Å². The Morgan fingerprint density at radius 3 is 2.59 bits per heavy atom. The van der Waals surface area contributed by atoms with Gasteiger partial charge >= 0.3 is 0 Å². The Kier molecular flexibility index (Phi) is 3.56. The molecule has 2 aromatic rings. The molecule has 0 unspecified atom stereocenters. The highest BCUT2D eigenvalue weighted by Gasteiger charge is 2.19. The molecule has 0 fully saturated rings. The second kappa shape index (κ2) is 4.80. The van der Waals surface area contributed by atoms with E-state index in [1.807, 2.05) is 0 Å². The van der Waals surface area contributed by atoms with Gasteiger partial charge in [0.05, 0.1) is 5.75 Å². The molecule has 17 heavy (non-hydrogen) atoms. The van der Waals surface area contributed by atoms with Gasteiger partial charge in [-0.1, -0.05) is 28.1 Å². The molecule has 0 amide bonds. The summed E-state index contributed by atoms with van der Waals surface area (Å²) in [7, 11) is -3.31. The van der Waals surface area contributed by atoms with Gasteiger partial charge in [-0.3, -0.25) is 0 Å². The van der Waals surface area contributed by atoms with Crippen LogP contribution in [-0.4, -0.2) is 8.42 Å². The second-order valence-electron chi connectivity index (χ2n) is 3.50. The summed E-state index contributed by atoms with van der Waals surface area (Å²) in [4.78, 5) is 0. The summed E-state index contributed by atoms with van der Waals surface area (Å²) < 4.78 is 25.3. The van der Waals surface area contributed by atoms with Crippen LogP contribution in [0.5, 0.6) is 0 Å². The van der Waals surface area contributed by atoms with Gasteiger partial charge in [-0.25, -0.2) is 8.42 Å². The number of nitrogens with two attached hydrogens (primary N) is 1. The van der Waals surface area contributed by atoms with E-state index >= 15 is 0 Å². The highest BCUT2D eigenvalue weighted by atomic mass is 79.9. The molecule has 2 rings (SSSR count). The maximum absolute atomic E-state index is 12.1. The SMILES string of the molecule is Nc1cccc(Br)c1CS(=O)(=O)c1cccs1. The Morgan fingerprint density at radius 1 is 1.24 bits per heavy atom. The third-order valence-corrected chi connectivity index (χ3v) is 6.16. The molecule has 0 aliphatic heterocycles. The van der Waals surface area contributed by atoms with Crippen LogP contribution in [0.4, 0.5) is 5.69 Å². The molecule has 90 valence electrons. The van der Waals surface area contributed by atoms with Crippen LogP contribution in [0.1, 0.15) is 5.56 Å². The lowest BCUT2D eigenvalue weighted by atomic mass is 10.2. The minimum absolute atomic E-state index is 0.0826. The van der Waals surface area contributed by atoms with Crippen molar-refractivity contribution in [3.63, 3.8) is 0 Å². The van der Waals surface area contributed by atoms with E-state index in [2.05, 4.69) is 15.9 Å². The van der Waals surface area contributed by atoms with E-state index in [4.69, 9.17) is 5.73 Å². The van der Waals surface area contributed by atoms with Gasteiger partial charge in [-0.15, -0.1) is 11.3 Å². The van der Waals surface area contributed by atoms with E-state index in [1.165, 1.54) is 11.3 Å². The summed E-state index contributed by atoms with van der Waals surface area (Å²) in [5, 5.41) is 1.75. The standard InChI is InChI=1S/C11H10BrNO2S2/c12-9-3-1-4-10(13)8(9)7-17(14,15)11-5-2-6-16-11/h1-6H,7,13H2. The molecule has 3 nitrogen and oxygen atoms in total. The molecular weight excluding hydrogens is 322 g/mol. The monoisotopic (exact) mass is 331 g/mol. The van der Waals surface area contributed by atoms with Crippen molar-refractivity contribution in [3.05, 3.63) is 45.7 Å². The fourth-order valence-electron chi connectivity index (χ4n) is 1.43. The summed E-state index contributed by atoms with van der Waals surface area (Å²) in [6, 6.07) is 8.59. The first-order valence-electron chi connectivity index (χ1n) is 4.80. The zero-order valence-corrected chi connectivity index (χ0v) is 12.0. The van der Waals surface area contributed by atoms with Crippen molar-refractivity contribution in [2.75, 3.05) is 5.73 Å². The summed E-state index contributed by atoms with van der Waals surface area (Å²) in [5.41, 5.74) is 6.89. The van der Waals surface area contributed by atoms with Crippen LogP contribution in [-0.2, 0) is 15.6 Å². The van der Waals surface area contributed by atoms with E-state index in [0.717, 1.165) is 4.47 Å². The predicted octanol–water partition coefficient (Wildman–Crippen LogP) is 3.07. The van der Waals surface area contributed by atoms with Gasteiger partial charge in [0.15, 0.2) is 9.84 Å². The van der Waals surface area contributed by atoms with E-state index < -0.39 is 9.84 Å². The number of hydrogen-bond donors (Lipinski definition) is 1. The van der Waals surface area contributed by atoms with Crippen LogP contribution in [0.25, 0.3) is 0 Å². The van der Waals surface area contributed by atoms with Crippen molar-refractivity contribution < 1.29 is 8.42 Å². The first kappa shape index (κ1) is 12.6. The van der Waals surface area contributed by atoms with Gasteiger partial charge < -0.3 is 5.73 Å².